The van der Waals surface area contributed by atoms with Crippen LogP contribution in [-0.2, 0) is 20.6 Å². The van der Waals surface area contributed by atoms with Gasteiger partial charge in [0.05, 0.1) is 5.75 Å². The molecule has 6 heteroatoms. The number of nitrogens with one attached hydrogen (secondary N) is 1. The molecule has 0 amide bonds. The van der Waals surface area contributed by atoms with Gasteiger partial charge in [0.1, 0.15) is 6.04 Å². The fourth-order valence-corrected chi connectivity index (χ4v) is 2.97. The molecule has 1 rings (SSSR count). The summed E-state index contributed by atoms with van der Waals surface area (Å²) in [5, 5.41) is 8.95. The molecule has 0 heterocycles. The molecule has 1 aromatic rings. The topological polar surface area (TPSA) is 83.5 Å². The van der Waals surface area contributed by atoms with E-state index in [9.17, 15) is 13.2 Å². The number of sulfonamides is 1. The number of carboxylic acids is 1. The lowest BCUT2D eigenvalue weighted by Gasteiger charge is -2.17. The summed E-state index contributed by atoms with van der Waals surface area (Å²) in [4.78, 5) is 10.9. The number of aliphatic carboxylic acids is 1. The van der Waals surface area contributed by atoms with Crippen molar-refractivity contribution in [3.63, 3.8) is 0 Å². The summed E-state index contributed by atoms with van der Waals surface area (Å²) in [7, 11) is -3.65. The second-order valence-electron chi connectivity index (χ2n) is 4.42. The van der Waals surface area contributed by atoms with Gasteiger partial charge in [-0.1, -0.05) is 44.2 Å². The van der Waals surface area contributed by atoms with Gasteiger partial charge in [0.2, 0.25) is 10.0 Å². The Kier molecular flexibility index (Phi) is 4.86. The number of rotatable bonds is 6. The first-order valence-electron chi connectivity index (χ1n) is 5.58. The van der Waals surface area contributed by atoms with Crippen LogP contribution >= 0.6 is 0 Å². The molecule has 0 saturated heterocycles. The van der Waals surface area contributed by atoms with Crippen LogP contribution in [0.2, 0.25) is 0 Å². The van der Waals surface area contributed by atoms with E-state index < -0.39 is 22.0 Å². The highest BCUT2D eigenvalue weighted by Gasteiger charge is 2.26. The largest absolute Gasteiger partial charge is 0.480 e. The van der Waals surface area contributed by atoms with E-state index in [2.05, 4.69) is 4.72 Å². The minimum atomic E-state index is -3.65. The SMILES string of the molecule is CC(C)[C@@H](NS(=O)(=O)Cc1ccccc1)C(=O)O. The van der Waals surface area contributed by atoms with Crippen LogP contribution in [0.15, 0.2) is 30.3 Å². The minimum absolute atomic E-state index is 0.218. The van der Waals surface area contributed by atoms with E-state index in [1.165, 1.54) is 0 Å². The Bertz CT molecular complexity index is 496. The summed E-state index contributed by atoms with van der Waals surface area (Å²) in [6.45, 7) is 3.31. The molecule has 5 nitrogen and oxygen atoms in total. The molecule has 0 radical (unpaired) electrons. The molecule has 0 bridgehead atoms. The first-order chi connectivity index (χ1) is 8.32. The molecule has 0 saturated carbocycles. The number of hydrogen-bond donors (Lipinski definition) is 2. The number of benzene rings is 1. The first kappa shape index (κ1) is 14.7. The Morgan fingerprint density at radius 1 is 1.28 bits per heavy atom. The Labute approximate surface area is 107 Å². The molecule has 0 aliphatic heterocycles. The average molecular weight is 271 g/mol. The van der Waals surface area contributed by atoms with Crippen LogP contribution in [0.1, 0.15) is 19.4 Å². The predicted octanol–water partition coefficient (Wildman–Crippen LogP) is 1.22. The second-order valence-corrected chi connectivity index (χ2v) is 6.18. The van der Waals surface area contributed by atoms with Crippen molar-refractivity contribution in [2.75, 3.05) is 0 Å². The van der Waals surface area contributed by atoms with Gasteiger partial charge in [-0.3, -0.25) is 4.79 Å². The van der Waals surface area contributed by atoms with E-state index in [0.29, 0.717) is 5.56 Å². The van der Waals surface area contributed by atoms with Crippen LogP contribution in [0, 0.1) is 5.92 Å². The van der Waals surface area contributed by atoms with Crippen molar-refractivity contribution in [1.82, 2.24) is 4.72 Å². The van der Waals surface area contributed by atoms with Crippen LogP contribution in [0.3, 0.4) is 0 Å². The summed E-state index contributed by atoms with van der Waals surface area (Å²) in [6.07, 6.45) is 0. The lowest BCUT2D eigenvalue weighted by atomic mass is 10.1. The molecule has 0 fully saturated rings. The van der Waals surface area contributed by atoms with E-state index in [0.717, 1.165) is 0 Å². The van der Waals surface area contributed by atoms with Gasteiger partial charge in [-0.2, -0.15) is 0 Å². The van der Waals surface area contributed by atoms with E-state index >= 15 is 0 Å². The maximum absolute atomic E-state index is 11.8. The van der Waals surface area contributed by atoms with Crippen molar-refractivity contribution in [1.29, 1.82) is 0 Å². The van der Waals surface area contributed by atoms with Crippen LogP contribution in [0.5, 0.6) is 0 Å². The van der Waals surface area contributed by atoms with Crippen molar-refractivity contribution in [2.24, 2.45) is 5.92 Å². The van der Waals surface area contributed by atoms with Crippen molar-refractivity contribution < 1.29 is 18.3 Å². The number of hydrogen-bond acceptors (Lipinski definition) is 3. The Hall–Kier alpha value is -1.40. The zero-order valence-electron chi connectivity index (χ0n) is 10.3. The molecule has 1 atom stereocenters. The van der Waals surface area contributed by atoms with E-state index in [1.54, 1.807) is 44.2 Å². The second kappa shape index (κ2) is 5.97. The normalized spacial score (nSPS) is 13.5. The standard InChI is InChI=1S/C12H17NO4S/c1-9(2)11(12(14)15)13-18(16,17)8-10-6-4-3-5-7-10/h3-7,9,11,13H,8H2,1-2H3,(H,14,15)/t11-/m1/s1. The quantitative estimate of drug-likeness (QED) is 0.814. The fraction of sp³-hybridized carbons (Fsp3) is 0.417. The predicted molar refractivity (Wildman–Crippen MR) is 68.5 cm³/mol. The molecule has 2 N–H and O–H groups in total. The third-order valence-corrected chi connectivity index (χ3v) is 3.77. The monoisotopic (exact) mass is 271 g/mol. The van der Waals surface area contributed by atoms with Crippen molar-refractivity contribution in [3.05, 3.63) is 35.9 Å². The van der Waals surface area contributed by atoms with Gasteiger partial charge in [0.15, 0.2) is 0 Å². The van der Waals surface area contributed by atoms with Gasteiger partial charge in [-0.25, -0.2) is 13.1 Å². The van der Waals surface area contributed by atoms with Crippen molar-refractivity contribution in [3.8, 4) is 0 Å². The van der Waals surface area contributed by atoms with Gasteiger partial charge in [0, 0.05) is 0 Å². The Balaban J connectivity index is 2.79. The van der Waals surface area contributed by atoms with Gasteiger partial charge in [-0.15, -0.1) is 0 Å². The molecule has 0 aromatic heterocycles. The summed E-state index contributed by atoms with van der Waals surface area (Å²) < 4.78 is 25.9. The number of carboxylic acid groups (broad SMARTS) is 1. The van der Waals surface area contributed by atoms with Gasteiger partial charge in [0.25, 0.3) is 0 Å². The van der Waals surface area contributed by atoms with Crippen LogP contribution < -0.4 is 4.72 Å². The summed E-state index contributed by atoms with van der Waals surface area (Å²) in [5.74, 6) is -1.70. The minimum Gasteiger partial charge on any atom is -0.480 e. The molecule has 0 aliphatic carbocycles. The fourth-order valence-electron chi connectivity index (χ4n) is 1.50. The lowest BCUT2D eigenvalue weighted by molar-refractivity contribution is -0.140. The van der Waals surface area contributed by atoms with Crippen LogP contribution in [0.25, 0.3) is 0 Å². The maximum Gasteiger partial charge on any atom is 0.321 e. The van der Waals surface area contributed by atoms with E-state index in [1.807, 2.05) is 0 Å². The van der Waals surface area contributed by atoms with Gasteiger partial charge < -0.3 is 5.11 Å². The third-order valence-electron chi connectivity index (χ3n) is 2.44. The summed E-state index contributed by atoms with van der Waals surface area (Å²) in [6, 6.07) is 7.54. The van der Waals surface area contributed by atoms with Crippen LogP contribution in [-0.4, -0.2) is 25.5 Å². The average Bonchev–Trinajstić information content (AvgIpc) is 2.26. The summed E-state index contributed by atoms with van der Waals surface area (Å²) in [5.41, 5.74) is 0.623. The zero-order valence-corrected chi connectivity index (χ0v) is 11.1. The van der Waals surface area contributed by atoms with E-state index in [-0.39, 0.29) is 11.7 Å². The first-order valence-corrected chi connectivity index (χ1v) is 7.24. The molecule has 18 heavy (non-hydrogen) atoms. The Morgan fingerprint density at radius 3 is 2.28 bits per heavy atom. The third kappa shape index (κ3) is 4.46. The highest BCUT2D eigenvalue weighted by atomic mass is 32.2. The molecule has 1 aromatic carbocycles. The molecule has 100 valence electrons. The highest BCUT2D eigenvalue weighted by Crippen LogP contribution is 2.08. The Morgan fingerprint density at radius 2 is 1.83 bits per heavy atom. The van der Waals surface area contributed by atoms with Crippen molar-refractivity contribution >= 4 is 16.0 Å². The highest BCUT2D eigenvalue weighted by molar-refractivity contribution is 7.88. The zero-order chi connectivity index (χ0) is 13.8. The molecular formula is C12H17NO4S. The summed E-state index contributed by atoms with van der Waals surface area (Å²) >= 11 is 0. The van der Waals surface area contributed by atoms with Crippen LogP contribution in [0.4, 0.5) is 0 Å². The van der Waals surface area contributed by atoms with Gasteiger partial charge in [-0.05, 0) is 11.5 Å². The molecule has 0 aliphatic rings. The molecule has 0 spiro atoms. The lowest BCUT2D eigenvalue weighted by Crippen LogP contribution is -2.44. The van der Waals surface area contributed by atoms with Gasteiger partial charge >= 0.3 is 5.97 Å². The smallest absolute Gasteiger partial charge is 0.321 e. The molecular weight excluding hydrogens is 254 g/mol. The number of carbonyl (C=O) groups is 1. The molecule has 0 unspecified atom stereocenters. The van der Waals surface area contributed by atoms with E-state index in [4.69, 9.17) is 5.11 Å². The maximum atomic E-state index is 11.8. The van der Waals surface area contributed by atoms with Crippen molar-refractivity contribution in [2.45, 2.75) is 25.6 Å².